The van der Waals surface area contributed by atoms with Gasteiger partial charge in [0.2, 0.25) is 0 Å². The molecule has 1 N–H and O–H groups in total. The fourth-order valence-corrected chi connectivity index (χ4v) is 1.76. The quantitative estimate of drug-likeness (QED) is 0.853. The Hall–Kier alpha value is -1.77. The summed E-state index contributed by atoms with van der Waals surface area (Å²) < 4.78 is 5.46. The fourth-order valence-electron chi connectivity index (χ4n) is 1.76. The van der Waals surface area contributed by atoms with Gasteiger partial charge in [0.25, 0.3) is 0 Å². The number of aryl methyl sites for hydroxylation is 2. The zero-order chi connectivity index (χ0) is 11.5. The minimum atomic E-state index is 0.151. The van der Waals surface area contributed by atoms with E-state index in [2.05, 4.69) is 17.2 Å². The van der Waals surface area contributed by atoms with Crippen LogP contribution in [0.5, 0.6) is 0 Å². The van der Waals surface area contributed by atoms with Gasteiger partial charge in [0.15, 0.2) is 0 Å². The van der Waals surface area contributed by atoms with Gasteiger partial charge in [-0.05, 0) is 44.5 Å². The predicted molar refractivity (Wildman–Crippen MR) is 64.5 cm³/mol. The molecule has 1 unspecified atom stereocenters. The first-order valence-electron chi connectivity index (χ1n) is 5.40. The van der Waals surface area contributed by atoms with Crippen molar-refractivity contribution in [2.24, 2.45) is 0 Å². The second kappa shape index (κ2) is 4.39. The van der Waals surface area contributed by atoms with Crippen molar-refractivity contribution >= 4 is 5.69 Å². The molecule has 0 aromatic carbocycles. The summed E-state index contributed by atoms with van der Waals surface area (Å²) in [7, 11) is 0. The molecule has 2 rings (SSSR count). The van der Waals surface area contributed by atoms with Crippen LogP contribution in [0.4, 0.5) is 5.69 Å². The highest BCUT2D eigenvalue weighted by atomic mass is 16.3. The molecule has 2 heterocycles. The van der Waals surface area contributed by atoms with Crippen LogP contribution in [-0.4, -0.2) is 4.98 Å². The average molecular weight is 216 g/mol. The molecule has 0 fully saturated rings. The molecule has 0 saturated heterocycles. The van der Waals surface area contributed by atoms with Crippen molar-refractivity contribution in [3.63, 3.8) is 0 Å². The minimum absolute atomic E-state index is 0.151. The summed E-state index contributed by atoms with van der Waals surface area (Å²) in [6.45, 7) is 6.12. The van der Waals surface area contributed by atoms with Crippen LogP contribution >= 0.6 is 0 Å². The molecule has 3 heteroatoms. The molecule has 3 nitrogen and oxygen atoms in total. The molecule has 0 saturated carbocycles. The number of anilines is 1. The Balaban J connectivity index is 2.17. The third-order valence-electron chi connectivity index (χ3n) is 2.67. The lowest BCUT2D eigenvalue weighted by Gasteiger charge is -2.15. The first-order valence-corrected chi connectivity index (χ1v) is 5.40. The molecule has 2 aromatic rings. The van der Waals surface area contributed by atoms with E-state index in [0.717, 1.165) is 17.1 Å². The molecule has 0 radical (unpaired) electrons. The van der Waals surface area contributed by atoms with Crippen LogP contribution in [0.1, 0.15) is 30.0 Å². The second-order valence-corrected chi connectivity index (χ2v) is 3.97. The summed E-state index contributed by atoms with van der Waals surface area (Å²) in [5.41, 5.74) is 3.21. The first kappa shape index (κ1) is 10.7. The highest BCUT2D eigenvalue weighted by molar-refractivity contribution is 5.48. The van der Waals surface area contributed by atoms with E-state index in [1.165, 1.54) is 5.56 Å². The van der Waals surface area contributed by atoms with Crippen molar-refractivity contribution in [2.75, 3.05) is 5.32 Å². The van der Waals surface area contributed by atoms with Gasteiger partial charge < -0.3 is 9.73 Å². The van der Waals surface area contributed by atoms with E-state index in [4.69, 9.17) is 4.42 Å². The van der Waals surface area contributed by atoms with Gasteiger partial charge in [-0.2, -0.15) is 0 Å². The van der Waals surface area contributed by atoms with E-state index >= 15 is 0 Å². The molecule has 84 valence electrons. The van der Waals surface area contributed by atoms with E-state index < -0.39 is 0 Å². The first-order chi connectivity index (χ1) is 7.68. The maximum Gasteiger partial charge on any atom is 0.128 e. The second-order valence-electron chi connectivity index (χ2n) is 3.97. The molecule has 0 aliphatic heterocycles. The zero-order valence-electron chi connectivity index (χ0n) is 9.82. The van der Waals surface area contributed by atoms with Gasteiger partial charge in [0, 0.05) is 6.20 Å². The van der Waals surface area contributed by atoms with Crippen LogP contribution < -0.4 is 5.32 Å². The Kier molecular flexibility index (Phi) is 2.95. The maximum absolute atomic E-state index is 5.46. The Bertz CT molecular complexity index is 476. The van der Waals surface area contributed by atoms with E-state index in [1.54, 1.807) is 12.5 Å². The zero-order valence-corrected chi connectivity index (χ0v) is 9.82. The van der Waals surface area contributed by atoms with Crippen LogP contribution in [0.3, 0.4) is 0 Å². The molecule has 0 aliphatic carbocycles. The van der Waals surface area contributed by atoms with Gasteiger partial charge >= 0.3 is 0 Å². The molecule has 2 aromatic heterocycles. The standard InChI is InChI=1S/C13H16N2O/c1-9-6-8-16-13(9)11(3)15-12-5-4-7-14-10(12)2/h4-8,11,15H,1-3H3. The van der Waals surface area contributed by atoms with Gasteiger partial charge in [-0.3, -0.25) is 4.98 Å². The van der Waals surface area contributed by atoms with Crippen molar-refractivity contribution in [1.82, 2.24) is 4.98 Å². The van der Waals surface area contributed by atoms with Crippen molar-refractivity contribution in [2.45, 2.75) is 26.8 Å². The predicted octanol–water partition coefficient (Wildman–Crippen LogP) is 3.46. The van der Waals surface area contributed by atoms with Gasteiger partial charge in [-0.15, -0.1) is 0 Å². The van der Waals surface area contributed by atoms with Gasteiger partial charge in [-0.25, -0.2) is 0 Å². The third kappa shape index (κ3) is 2.08. The molecule has 0 bridgehead atoms. The third-order valence-corrected chi connectivity index (χ3v) is 2.67. The number of nitrogens with one attached hydrogen (secondary N) is 1. The maximum atomic E-state index is 5.46. The summed E-state index contributed by atoms with van der Waals surface area (Å²) in [6, 6.07) is 6.08. The molecular formula is C13H16N2O. The van der Waals surface area contributed by atoms with Crippen LogP contribution in [0.25, 0.3) is 0 Å². The van der Waals surface area contributed by atoms with E-state index in [9.17, 15) is 0 Å². The fraction of sp³-hybridized carbons (Fsp3) is 0.308. The van der Waals surface area contributed by atoms with E-state index in [-0.39, 0.29) is 6.04 Å². The highest BCUT2D eigenvalue weighted by Gasteiger charge is 2.12. The monoisotopic (exact) mass is 216 g/mol. The molecule has 0 aliphatic rings. The molecule has 16 heavy (non-hydrogen) atoms. The Morgan fingerprint density at radius 2 is 2.12 bits per heavy atom. The molecule has 1 atom stereocenters. The van der Waals surface area contributed by atoms with Gasteiger partial charge in [-0.1, -0.05) is 0 Å². The van der Waals surface area contributed by atoms with Crippen LogP contribution in [0.15, 0.2) is 35.1 Å². The smallest absolute Gasteiger partial charge is 0.128 e. The van der Waals surface area contributed by atoms with Crippen molar-refractivity contribution in [3.8, 4) is 0 Å². The van der Waals surface area contributed by atoms with E-state index in [0.29, 0.717) is 0 Å². The number of aromatic nitrogens is 1. The Morgan fingerprint density at radius 1 is 1.31 bits per heavy atom. The summed E-state index contributed by atoms with van der Waals surface area (Å²) in [4.78, 5) is 4.24. The lowest BCUT2D eigenvalue weighted by atomic mass is 10.1. The summed E-state index contributed by atoms with van der Waals surface area (Å²) >= 11 is 0. The summed E-state index contributed by atoms with van der Waals surface area (Å²) in [5, 5.41) is 3.40. The normalized spacial score (nSPS) is 12.4. The number of furan rings is 1. The lowest BCUT2D eigenvalue weighted by molar-refractivity contribution is 0.487. The number of rotatable bonds is 3. The average Bonchev–Trinajstić information content (AvgIpc) is 2.68. The Labute approximate surface area is 95.5 Å². The van der Waals surface area contributed by atoms with Crippen molar-refractivity contribution < 1.29 is 4.42 Å². The largest absolute Gasteiger partial charge is 0.467 e. The van der Waals surface area contributed by atoms with Crippen molar-refractivity contribution in [1.29, 1.82) is 0 Å². The van der Waals surface area contributed by atoms with E-state index in [1.807, 2.05) is 32.0 Å². The number of pyridine rings is 1. The number of nitrogens with zero attached hydrogens (tertiary/aromatic N) is 1. The summed E-state index contributed by atoms with van der Waals surface area (Å²) in [5.74, 6) is 0.975. The molecule has 0 amide bonds. The minimum Gasteiger partial charge on any atom is -0.467 e. The molecule has 0 spiro atoms. The van der Waals surface area contributed by atoms with Gasteiger partial charge in [0.05, 0.1) is 23.7 Å². The van der Waals surface area contributed by atoms with Crippen LogP contribution in [0.2, 0.25) is 0 Å². The van der Waals surface area contributed by atoms with Crippen LogP contribution in [-0.2, 0) is 0 Å². The van der Waals surface area contributed by atoms with Crippen LogP contribution in [0, 0.1) is 13.8 Å². The SMILES string of the molecule is Cc1ccoc1C(C)Nc1cccnc1C. The van der Waals surface area contributed by atoms with Crippen molar-refractivity contribution in [3.05, 3.63) is 47.7 Å². The molecular weight excluding hydrogens is 200 g/mol. The van der Waals surface area contributed by atoms with Gasteiger partial charge in [0.1, 0.15) is 5.76 Å². The highest BCUT2D eigenvalue weighted by Crippen LogP contribution is 2.23. The lowest BCUT2D eigenvalue weighted by Crippen LogP contribution is -2.08. The number of hydrogen-bond acceptors (Lipinski definition) is 3. The summed E-state index contributed by atoms with van der Waals surface area (Å²) in [6.07, 6.45) is 3.52. The number of hydrogen-bond donors (Lipinski definition) is 1. The topological polar surface area (TPSA) is 38.1 Å². The Morgan fingerprint density at radius 3 is 2.75 bits per heavy atom.